The van der Waals surface area contributed by atoms with E-state index in [4.69, 9.17) is 0 Å². The van der Waals surface area contributed by atoms with Crippen LogP contribution in [0.1, 0.15) is 63.9 Å². The van der Waals surface area contributed by atoms with Crippen LogP contribution in [0, 0.1) is 0 Å². The lowest BCUT2D eigenvalue weighted by Crippen LogP contribution is -2.52. The van der Waals surface area contributed by atoms with E-state index in [9.17, 15) is 8.42 Å². The molecule has 2 N–H and O–H groups in total. The van der Waals surface area contributed by atoms with Gasteiger partial charge in [0.05, 0.1) is 27.2 Å². The number of aryl methyl sites for hydroxylation is 1. The summed E-state index contributed by atoms with van der Waals surface area (Å²) in [6, 6.07) is 7.83. The van der Waals surface area contributed by atoms with E-state index in [1.54, 1.807) is 0 Å². The number of likely N-dealkylation sites (tertiary alicyclic amines) is 1. The quantitative estimate of drug-likeness (QED) is 0.437. The summed E-state index contributed by atoms with van der Waals surface area (Å²) in [6.07, 6.45) is 10.6. The molecule has 0 aromatic heterocycles. The highest BCUT2D eigenvalue weighted by atomic mass is 32.2. The molecule has 27 heavy (non-hydrogen) atoms. The van der Waals surface area contributed by atoms with Crippen molar-refractivity contribution in [1.29, 1.82) is 0 Å². The minimum absolute atomic E-state index is 0.0284. The number of benzene rings is 1. The van der Waals surface area contributed by atoms with Crippen LogP contribution in [0.15, 0.2) is 24.3 Å². The molecule has 0 atom stereocenters. The zero-order chi connectivity index (χ0) is 19.8. The Hall–Kier alpha value is -1.11. The smallest absolute Gasteiger partial charge is 0.299 e. The predicted molar refractivity (Wildman–Crippen MR) is 114 cm³/mol. The van der Waals surface area contributed by atoms with E-state index < -0.39 is 10.2 Å². The van der Waals surface area contributed by atoms with Crippen molar-refractivity contribution in [3.63, 3.8) is 0 Å². The molecule has 0 saturated carbocycles. The van der Waals surface area contributed by atoms with Crippen molar-refractivity contribution in [2.24, 2.45) is 0 Å². The van der Waals surface area contributed by atoms with Crippen LogP contribution in [0.5, 0.6) is 0 Å². The second-order valence-corrected chi connectivity index (χ2v) is 10.0. The molecular formula is C21H38N3O2S+. The SMILES string of the molecule is CCCCCCCCc1ccc(NS(=O)(=O)NC2CC[N+](C)(C)CC2)cc1. The second-order valence-electron chi connectivity index (χ2n) is 8.60. The molecule has 2 rings (SSSR count). The van der Waals surface area contributed by atoms with E-state index in [2.05, 4.69) is 30.5 Å². The maximum Gasteiger partial charge on any atom is 0.299 e. The first-order valence-corrected chi connectivity index (χ1v) is 12.0. The summed E-state index contributed by atoms with van der Waals surface area (Å²) in [7, 11) is 0.859. The van der Waals surface area contributed by atoms with Crippen molar-refractivity contribution in [2.45, 2.75) is 70.8 Å². The summed E-state index contributed by atoms with van der Waals surface area (Å²) in [5, 5.41) is 0. The van der Waals surface area contributed by atoms with Crippen LogP contribution in [0.3, 0.4) is 0 Å². The normalized spacial score (nSPS) is 17.7. The lowest BCUT2D eigenvalue weighted by atomic mass is 10.0. The van der Waals surface area contributed by atoms with Crippen LogP contribution in [-0.2, 0) is 16.6 Å². The van der Waals surface area contributed by atoms with Crippen molar-refractivity contribution >= 4 is 15.9 Å². The van der Waals surface area contributed by atoms with Gasteiger partial charge in [-0.05, 0) is 30.5 Å². The molecule has 1 aromatic carbocycles. The first-order chi connectivity index (χ1) is 12.8. The molecule has 0 unspecified atom stereocenters. The molecule has 1 heterocycles. The summed E-state index contributed by atoms with van der Waals surface area (Å²) >= 11 is 0. The fraction of sp³-hybridized carbons (Fsp3) is 0.714. The molecule has 0 radical (unpaired) electrons. The molecule has 0 spiro atoms. The van der Waals surface area contributed by atoms with Crippen LogP contribution in [0.4, 0.5) is 5.69 Å². The number of quaternary nitrogens is 1. The number of nitrogens with zero attached hydrogens (tertiary/aromatic N) is 1. The van der Waals surface area contributed by atoms with Gasteiger partial charge in [-0.15, -0.1) is 0 Å². The van der Waals surface area contributed by atoms with Gasteiger partial charge in [0.25, 0.3) is 10.2 Å². The van der Waals surface area contributed by atoms with Crippen LogP contribution in [0.2, 0.25) is 0 Å². The third-order valence-electron chi connectivity index (χ3n) is 5.51. The third-order valence-corrected chi connectivity index (χ3v) is 6.66. The minimum Gasteiger partial charge on any atom is -0.328 e. The number of hydrogen-bond acceptors (Lipinski definition) is 2. The van der Waals surface area contributed by atoms with Crippen molar-refractivity contribution < 1.29 is 12.9 Å². The summed E-state index contributed by atoms with van der Waals surface area (Å²) in [5.41, 5.74) is 1.90. The lowest BCUT2D eigenvalue weighted by molar-refractivity contribution is -0.895. The number of unbranched alkanes of at least 4 members (excludes halogenated alkanes) is 5. The first-order valence-electron chi connectivity index (χ1n) is 10.5. The molecule has 5 nitrogen and oxygen atoms in total. The van der Waals surface area contributed by atoms with Gasteiger partial charge in [0, 0.05) is 24.6 Å². The van der Waals surface area contributed by atoms with Gasteiger partial charge >= 0.3 is 0 Å². The Balaban J connectivity index is 1.74. The molecule has 1 aliphatic heterocycles. The van der Waals surface area contributed by atoms with Gasteiger partial charge in [-0.25, -0.2) is 0 Å². The summed E-state index contributed by atoms with van der Waals surface area (Å²) in [6.45, 7) is 4.24. The molecule has 6 heteroatoms. The third kappa shape index (κ3) is 8.62. The average Bonchev–Trinajstić information content (AvgIpc) is 2.61. The summed E-state index contributed by atoms with van der Waals surface area (Å²) in [5.74, 6) is 0. The van der Waals surface area contributed by atoms with Crippen LogP contribution in [0.25, 0.3) is 0 Å². The number of nitrogens with one attached hydrogen (secondary N) is 2. The van der Waals surface area contributed by atoms with Crippen molar-refractivity contribution in [1.82, 2.24) is 4.72 Å². The predicted octanol–water partition coefficient (Wildman–Crippen LogP) is 4.07. The van der Waals surface area contributed by atoms with Crippen molar-refractivity contribution in [3.05, 3.63) is 29.8 Å². The Morgan fingerprint density at radius 1 is 0.963 bits per heavy atom. The van der Waals surface area contributed by atoms with E-state index in [0.717, 1.165) is 36.8 Å². The van der Waals surface area contributed by atoms with E-state index in [1.807, 2.05) is 24.3 Å². The number of rotatable bonds is 11. The number of piperidine rings is 1. The van der Waals surface area contributed by atoms with E-state index in [0.29, 0.717) is 5.69 Å². The molecule has 0 aliphatic carbocycles. The topological polar surface area (TPSA) is 58.2 Å². The first kappa shape index (κ1) is 22.2. The van der Waals surface area contributed by atoms with E-state index >= 15 is 0 Å². The monoisotopic (exact) mass is 396 g/mol. The fourth-order valence-corrected chi connectivity index (χ4v) is 4.82. The molecule has 1 aliphatic rings. The maximum atomic E-state index is 12.4. The lowest BCUT2D eigenvalue weighted by Gasteiger charge is -2.37. The Morgan fingerprint density at radius 3 is 2.19 bits per heavy atom. The minimum atomic E-state index is -3.52. The molecule has 0 bridgehead atoms. The van der Waals surface area contributed by atoms with Crippen LogP contribution < -0.4 is 9.44 Å². The average molecular weight is 397 g/mol. The van der Waals surface area contributed by atoms with Crippen molar-refractivity contribution in [3.8, 4) is 0 Å². The Kier molecular flexibility index (Phi) is 8.58. The summed E-state index contributed by atoms with van der Waals surface area (Å²) in [4.78, 5) is 0. The zero-order valence-corrected chi connectivity index (χ0v) is 18.2. The van der Waals surface area contributed by atoms with Gasteiger partial charge in [0.15, 0.2) is 0 Å². The highest BCUT2D eigenvalue weighted by Gasteiger charge is 2.28. The molecule has 1 saturated heterocycles. The van der Waals surface area contributed by atoms with E-state index in [1.165, 1.54) is 44.1 Å². The Bertz CT molecular complexity index is 647. The highest BCUT2D eigenvalue weighted by molar-refractivity contribution is 7.90. The molecule has 154 valence electrons. The summed E-state index contributed by atoms with van der Waals surface area (Å²) < 4.78 is 31.2. The Labute approximate surface area is 166 Å². The zero-order valence-electron chi connectivity index (χ0n) is 17.3. The highest BCUT2D eigenvalue weighted by Crippen LogP contribution is 2.17. The molecule has 0 amide bonds. The van der Waals surface area contributed by atoms with Crippen molar-refractivity contribution in [2.75, 3.05) is 31.9 Å². The number of anilines is 1. The largest absolute Gasteiger partial charge is 0.328 e. The van der Waals surface area contributed by atoms with E-state index in [-0.39, 0.29) is 6.04 Å². The van der Waals surface area contributed by atoms with Gasteiger partial charge in [-0.1, -0.05) is 51.2 Å². The molecular weight excluding hydrogens is 358 g/mol. The van der Waals surface area contributed by atoms with Gasteiger partial charge in [-0.2, -0.15) is 13.1 Å². The van der Waals surface area contributed by atoms with Gasteiger partial charge < -0.3 is 4.48 Å². The standard InChI is InChI=1S/C21H38N3O2S/c1-4-5-6-7-8-9-10-19-11-13-20(14-12-19)22-27(25,26)23-21-15-17-24(2,3)18-16-21/h11-14,21-23H,4-10,15-18H2,1-3H3/q+1. The van der Waals surface area contributed by atoms with Gasteiger partial charge in [0.2, 0.25) is 0 Å². The van der Waals surface area contributed by atoms with Crippen LogP contribution >= 0.6 is 0 Å². The van der Waals surface area contributed by atoms with Crippen LogP contribution in [-0.4, -0.2) is 46.1 Å². The fourth-order valence-electron chi connectivity index (χ4n) is 3.64. The molecule has 1 fully saturated rings. The number of hydrogen-bond donors (Lipinski definition) is 2. The second kappa shape index (κ2) is 10.4. The maximum absolute atomic E-state index is 12.4. The molecule has 1 aromatic rings. The van der Waals surface area contributed by atoms with Gasteiger partial charge in [0.1, 0.15) is 0 Å². The Morgan fingerprint density at radius 2 is 1.56 bits per heavy atom. The van der Waals surface area contributed by atoms with Gasteiger partial charge in [-0.3, -0.25) is 4.72 Å².